The molecule has 1 aromatic carbocycles. The van der Waals surface area contributed by atoms with Gasteiger partial charge in [-0.25, -0.2) is 22.5 Å². The van der Waals surface area contributed by atoms with E-state index in [-0.39, 0.29) is 29.6 Å². The Bertz CT molecular complexity index is 1280. The van der Waals surface area contributed by atoms with E-state index in [2.05, 4.69) is 25.8 Å². The monoisotopic (exact) mass is 509 g/mol. The first-order valence-corrected chi connectivity index (χ1v) is 10.7. The van der Waals surface area contributed by atoms with Gasteiger partial charge in [0.25, 0.3) is 0 Å². The van der Waals surface area contributed by atoms with Crippen molar-refractivity contribution in [2.45, 2.75) is 31.8 Å². The van der Waals surface area contributed by atoms with E-state index in [4.69, 9.17) is 13.9 Å². The van der Waals surface area contributed by atoms with Gasteiger partial charge in [-0.05, 0) is 25.7 Å². The summed E-state index contributed by atoms with van der Waals surface area (Å²) in [5.74, 6) is -6.76. The molecule has 0 unspecified atom stereocenters. The SMILES string of the molecule is COC(=O)[C@H]1CC[C@@H](Oc2cc(F)c(NC(=O)c3nnc(Nc4cc(F)c(F)cc4F)o3)cn2)CC1. The van der Waals surface area contributed by atoms with Crippen LogP contribution >= 0.6 is 0 Å². The largest absolute Gasteiger partial charge is 0.474 e. The zero-order chi connectivity index (χ0) is 25.8. The van der Waals surface area contributed by atoms with E-state index in [0.717, 1.165) is 12.3 Å². The molecule has 2 aromatic heterocycles. The predicted octanol–water partition coefficient (Wildman–Crippen LogP) is 4.13. The molecule has 190 valence electrons. The number of nitrogens with zero attached hydrogens (tertiary/aromatic N) is 3. The molecule has 2 N–H and O–H groups in total. The van der Waals surface area contributed by atoms with Crippen LogP contribution in [0.25, 0.3) is 0 Å². The number of carbonyl (C=O) groups excluding carboxylic acids is 2. The zero-order valence-electron chi connectivity index (χ0n) is 18.7. The number of nitrogens with one attached hydrogen (secondary N) is 2. The minimum atomic E-state index is -1.39. The molecule has 0 bridgehead atoms. The molecule has 3 aromatic rings. The molecule has 0 radical (unpaired) electrons. The highest BCUT2D eigenvalue weighted by molar-refractivity contribution is 6.00. The molecular weight excluding hydrogens is 490 g/mol. The van der Waals surface area contributed by atoms with Gasteiger partial charge in [0, 0.05) is 18.2 Å². The standard InChI is InChI=1S/C22H19F4N5O5/c1-34-21(33)10-2-4-11(5-3-10)35-18-8-15(26)17(9-27-18)28-19(32)20-30-31-22(36-20)29-16-7-13(24)12(23)6-14(16)25/h6-11H,2-5H2,1H3,(H,28,32)(H,29,31)/t10-,11+. The van der Waals surface area contributed by atoms with Crippen LogP contribution in [-0.2, 0) is 9.53 Å². The molecule has 10 nitrogen and oxygen atoms in total. The number of hydrogen-bond acceptors (Lipinski definition) is 9. The first kappa shape index (κ1) is 24.9. The van der Waals surface area contributed by atoms with Crippen molar-refractivity contribution < 1.29 is 41.0 Å². The number of aromatic nitrogens is 3. The van der Waals surface area contributed by atoms with Gasteiger partial charge in [-0.2, -0.15) is 0 Å². The van der Waals surface area contributed by atoms with Gasteiger partial charge >= 0.3 is 23.8 Å². The second-order valence-corrected chi connectivity index (χ2v) is 7.85. The minimum Gasteiger partial charge on any atom is -0.474 e. The van der Waals surface area contributed by atoms with Crippen molar-refractivity contribution in [1.29, 1.82) is 0 Å². The summed E-state index contributed by atoms with van der Waals surface area (Å²) in [5.41, 5.74) is -0.810. The molecule has 1 aliphatic carbocycles. The van der Waals surface area contributed by atoms with Gasteiger partial charge in [0.1, 0.15) is 11.9 Å². The fourth-order valence-electron chi connectivity index (χ4n) is 3.60. The Labute approximate surface area is 201 Å². The van der Waals surface area contributed by atoms with Gasteiger partial charge in [0.2, 0.25) is 5.88 Å². The Morgan fingerprint density at radius 3 is 2.33 bits per heavy atom. The lowest BCUT2D eigenvalue weighted by molar-refractivity contribution is -0.147. The molecule has 1 fully saturated rings. The number of rotatable bonds is 7. The fourth-order valence-corrected chi connectivity index (χ4v) is 3.60. The highest BCUT2D eigenvalue weighted by Gasteiger charge is 2.28. The van der Waals surface area contributed by atoms with Crippen LogP contribution in [0.15, 0.2) is 28.8 Å². The first-order chi connectivity index (χ1) is 17.2. The molecule has 0 spiro atoms. The topological polar surface area (TPSA) is 128 Å². The molecule has 0 atom stereocenters. The van der Waals surface area contributed by atoms with E-state index in [9.17, 15) is 27.2 Å². The molecule has 1 aliphatic rings. The summed E-state index contributed by atoms with van der Waals surface area (Å²) in [6.45, 7) is 0. The number of halogens is 4. The number of pyridine rings is 1. The first-order valence-electron chi connectivity index (χ1n) is 10.7. The number of benzene rings is 1. The summed E-state index contributed by atoms with van der Waals surface area (Å²) in [5, 5.41) is 11.3. The maximum Gasteiger partial charge on any atom is 0.320 e. The summed E-state index contributed by atoms with van der Waals surface area (Å²) in [4.78, 5) is 27.9. The third-order valence-corrected chi connectivity index (χ3v) is 5.44. The Morgan fingerprint density at radius 2 is 1.64 bits per heavy atom. The normalized spacial score (nSPS) is 17.4. The van der Waals surface area contributed by atoms with E-state index in [1.165, 1.54) is 7.11 Å². The van der Waals surface area contributed by atoms with Gasteiger partial charge < -0.3 is 24.5 Å². The second kappa shape index (κ2) is 10.6. The number of methoxy groups -OCH3 is 1. The van der Waals surface area contributed by atoms with Gasteiger partial charge in [-0.15, -0.1) is 5.10 Å². The lowest BCUT2D eigenvalue weighted by Gasteiger charge is -2.27. The molecule has 14 heteroatoms. The smallest absolute Gasteiger partial charge is 0.320 e. The van der Waals surface area contributed by atoms with Crippen molar-refractivity contribution in [2.75, 3.05) is 17.7 Å². The van der Waals surface area contributed by atoms with E-state index >= 15 is 0 Å². The second-order valence-electron chi connectivity index (χ2n) is 7.85. The van der Waals surface area contributed by atoms with Crippen molar-refractivity contribution in [3.8, 4) is 5.88 Å². The Balaban J connectivity index is 1.34. The maximum absolute atomic E-state index is 14.5. The average molecular weight is 509 g/mol. The van der Waals surface area contributed by atoms with Crippen molar-refractivity contribution in [2.24, 2.45) is 5.92 Å². The molecule has 1 saturated carbocycles. The van der Waals surface area contributed by atoms with Crippen molar-refractivity contribution in [1.82, 2.24) is 15.2 Å². The number of carbonyl (C=O) groups is 2. The molecule has 4 rings (SSSR count). The van der Waals surface area contributed by atoms with Crippen LogP contribution in [0, 0.1) is 29.2 Å². The Morgan fingerprint density at radius 1 is 0.944 bits per heavy atom. The van der Waals surface area contributed by atoms with Crippen LogP contribution in [-0.4, -0.2) is 40.3 Å². The van der Waals surface area contributed by atoms with E-state index in [1.807, 2.05) is 0 Å². The summed E-state index contributed by atoms with van der Waals surface area (Å²) in [6, 6.07) is 1.35. The number of ether oxygens (including phenoxy) is 2. The van der Waals surface area contributed by atoms with Gasteiger partial charge in [0.05, 0.1) is 30.6 Å². The Hall–Kier alpha value is -4.23. The van der Waals surface area contributed by atoms with Crippen LogP contribution in [0.5, 0.6) is 5.88 Å². The van der Waals surface area contributed by atoms with Crippen LogP contribution < -0.4 is 15.4 Å². The van der Waals surface area contributed by atoms with Gasteiger partial charge in [-0.3, -0.25) is 9.59 Å². The van der Waals surface area contributed by atoms with Crippen LogP contribution in [0.4, 0.5) is 35.0 Å². The van der Waals surface area contributed by atoms with E-state index in [1.54, 1.807) is 0 Å². The minimum absolute atomic E-state index is 0.00449. The molecular formula is C22H19F4N5O5. The number of esters is 1. The highest BCUT2D eigenvalue weighted by atomic mass is 19.2. The maximum atomic E-state index is 14.5. The summed E-state index contributed by atoms with van der Waals surface area (Å²) < 4.78 is 70.1. The zero-order valence-corrected chi connectivity index (χ0v) is 18.7. The summed E-state index contributed by atoms with van der Waals surface area (Å²) >= 11 is 0. The average Bonchev–Trinajstić information content (AvgIpc) is 3.33. The lowest BCUT2D eigenvalue weighted by atomic mass is 9.87. The Kier molecular flexibility index (Phi) is 7.31. The van der Waals surface area contributed by atoms with Crippen molar-refractivity contribution >= 4 is 29.3 Å². The van der Waals surface area contributed by atoms with E-state index < -0.39 is 46.8 Å². The van der Waals surface area contributed by atoms with Gasteiger partial charge in [-0.1, -0.05) is 5.10 Å². The number of hydrogen-bond donors (Lipinski definition) is 2. The quantitative estimate of drug-likeness (QED) is 0.274. The highest BCUT2D eigenvalue weighted by Crippen LogP contribution is 2.29. The van der Waals surface area contributed by atoms with E-state index in [0.29, 0.717) is 37.8 Å². The third kappa shape index (κ3) is 5.70. The predicted molar refractivity (Wildman–Crippen MR) is 114 cm³/mol. The van der Waals surface area contributed by atoms with Crippen LogP contribution in [0.2, 0.25) is 0 Å². The molecule has 1 amide bonds. The summed E-state index contributed by atoms with van der Waals surface area (Å²) in [7, 11) is 1.34. The van der Waals surface area contributed by atoms with Crippen LogP contribution in [0.1, 0.15) is 36.4 Å². The van der Waals surface area contributed by atoms with Crippen LogP contribution in [0.3, 0.4) is 0 Å². The molecule has 2 heterocycles. The molecule has 0 saturated heterocycles. The van der Waals surface area contributed by atoms with Gasteiger partial charge in [0.15, 0.2) is 17.5 Å². The summed E-state index contributed by atoms with van der Waals surface area (Å²) in [6.07, 6.45) is 3.10. The number of anilines is 3. The van der Waals surface area contributed by atoms with Crippen molar-refractivity contribution in [3.05, 3.63) is 53.6 Å². The lowest BCUT2D eigenvalue weighted by Crippen LogP contribution is -2.28. The third-order valence-electron chi connectivity index (χ3n) is 5.44. The fraction of sp³-hybridized carbons (Fsp3) is 0.318. The molecule has 0 aliphatic heterocycles. The number of amides is 1. The molecule has 36 heavy (non-hydrogen) atoms. The van der Waals surface area contributed by atoms with Crippen molar-refractivity contribution in [3.63, 3.8) is 0 Å².